The molecule has 2 nitrogen and oxygen atoms in total. The van der Waals surface area contributed by atoms with E-state index in [1.165, 1.54) is 5.56 Å². The Bertz CT molecular complexity index is 731. The third-order valence-electron chi connectivity index (χ3n) is 3.01. The van der Waals surface area contributed by atoms with Crippen molar-refractivity contribution in [3.63, 3.8) is 0 Å². The van der Waals surface area contributed by atoms with E-state index in [2.05, 4.69) is 15.7 Å². The van der Waals surface area contributed by atoms with Gasteiger partial charge in [-0.15, -0.1) is 0 Å². The van der Waals surface area contributed by atoms with E-state index in [4.69, 9.17) is 23.2 Å². The Morgan fingerprint density at radius 3 is 2.10 bits per heavy atom. The van der Waals surface area contributed by atoms with Gasteiger partial charge >= 0.3 is 0 Å². The summed E-state index contributed by atoms with van der Waals surface area (Å²) < 4.78 is 8.76. The van der Waals surface area contributed by atoms with Crippen LogP contribution in [0.25, 0.3) is 22.5 Å². The zero-order valence-corrected chi connectivity index (χ0v) is 12.9. The summed E-state index contributed by atoms with van der Waals surface area (Å²) in [6.45, 7) is 2.05. The molecule has 0 fully saturated rings. The predicted octanol–water partition coefficient (Wildman–Crippen LogP) is 5.49. The molecule has 0 aliphatic carbocycles. The molecule has 100 valence electrons. The first-order valence-electron chi connectivity index (χ1n) is 6.01. The van der Waals surface area contributed by atoms with Crippen LogP contribution >= 0.6 is 34.9 Å². The highest BCUT2D eigenvalue weighted by Gasteiger charge is 2.17. The van der Waals surface area contributed by atoms with Crippen molar-refractivity contribution in [3.05, 3.63) is 58.1 Å². The molecular weight excluding hydrogens is 311 g/mol. The number of aromatic nitrogens is 2. The lowest BCUT2D eigenvalue weighted by Gasteiger charge is -2.06. The predicted molar refractivity (Wildman–Crippen MR) is 85.5 cm³/mol. The first kappa shape index (κ1) is 13.6. The maximum Gasteiger partial charge on any atom is 0.115 e. The number of nitrogens with zero attached hydrogens (tertiary/aromatic N) is 2. The van der Waals surface area contributed by atoms with Gasteiger partial charge in [0.2, 0.25) is 0 Å². The highest BCUT2D eigenvalue weighted by atomic mass is 35.5. The monoisotopic (exact) mass is 320 g/mol. The number of hydrogen-bond acceptors (Lipinski definition) is 3. The fourth-order valence-corrected chi connectivity index (χ4v) is 3.13. The van der Waals surface area contributed by atoms with Gasteiger partial charge in [-0.25, -0.2) is 0 Å². The molecule has 0 aliphatic rings. The van der Waals surface area contributed by atoms with Crippen molar-refractivity contribution < 1.29 is 0 Å². The van der Waals surface area contributed by atoms with E-state index in [9.17, 15) is 0 Å². The first-order valence-corrected chi connectivity index (χ1v) is 7.49. The molecule has 0 saturated heterocycles. The van der Waals surface area contributed by atoms with Crippen LogP contribution in [0.15, 0.2) is 42.5 Å². The fourth-order valence-electron chi connectivity index (χ4n) is 1.98. The van der Waals surface area contributed by atoms with E-state index < -0.39 is 0 Å². The molecule has 0 bridgehead atoms. The van der Waals surface area contributed by atoms with Crippen LogP contribution in [-0.2, 0) is 0 Å². The van der Waals surface area contributed by atoms with Crippen molar-refractivity contribution in [2.24, 2.45) is 0 Å². The number of halogens is 2. The quantitative estimate of drug-likeness (QED) is 0.624. The molecule has 2 aromatic carbocycles. The van der Waals surface area contributed by atoms with Crippen molar-refractivity contribution in [2.75, 3.05) is 0 Å². The zero-order valence-electron chi connectivity index (χ0n) is 10.6. The van der Waals surface area contributed by atoms with Crippen LogP contribution in [0.2, 0.25) is 10.0 Å². The van der Waals surface area contributed by atoms with Crippen molar-refractivity contribution in [3.8, 4) is 22.5 Å². The summed E-state index contributed by atoms with van der Waals surface area (Å²) in [4.78, 5) is 0. The molecule has 0 aliphatic heterocycles. The van der Waals surface area contributed by atoms with Crippen LogP contribution in [0.5, 0.6) is 0 Å². The number of rotatable bonds is 2. The minimum atomic E-state index is 0.582. The SMILES string of the molecule is Cc1ccc(-c2nsnc2-c2c(Cl)cccc2Cl)cc1. The van der Waals surface area contributed by atoms with Crippen molar-refractivity contribution in [1.82, 2.24) is 8.75 Å². The largest absolute Gasteiger partial charge is 0.172 e. The highest BCUT2D eigenvalue weighted by molar-refractivity contribution is 6.99. The van der Waals surface area contributed by atoms with Crippen LogP contribution in [0.1, 0.15) is 5.56 Å². The molecular formula is C15H10Cl2N2S. The summed E-state index contributed by atoms with van der Waals surface area (Å²) in [5, 5.41) is 1.16. The summed E-state index contributed by atoms with van der Waals surface area (Å²) >= 11 is 13.7. The molecule has 20 heavy (non-hydrogen) atoms. The maximum atomic E-state index is 6.26. The van der Waals surface area contributed by atoms with Gasteiger partial charge in [0.25, 0.3) is 0 Å². The van der Waals surface area contributed by atoms with Crippen LogP contribution < -0.4 is 0 Å². The molecule has 5 heteroatoms. The summed E-state index contributed by atoms with van der Waals surface area (Å²) in [5.74, 6) is 0. The van der Waals surface area contributed by atoms with Gasteiger partial charge in [-0.1, -0.05) is 59.1 Å². The molecule has 0 unspecified atom stereocenters. The molecule has 1 aromatic heterocycles. The van der Waals surface area contributed by atoms with E-state index in [0.717, 1.165) is 34.2 Å². The Morgan fingerprint density at radius 2 is 1.45 bits per heavy atom. The highest BCUT2D eigenvalue weighted by Crippen LogP contribution is 2.38. The molecule has 1 heterocycles. The van der Waals surface area contributed by atoms with Crippen molar-refractivity contribution in [2.45, 2.75) is 6.92 Å². The lowest BCUT2D eigenvalue weighted by molar-refractivity contribution is 1.43. The average molecular weight is 321 g/mol. The number of aryl methyl sites for hydroxylation is 1. The standard InChI is InChI=1S/C15H10Cl2N2S/c1-9-5-7-10(8-6-9)14-15(19-20-18-14)13-11(16)3-2-4-12(13)17/h2-8H,1H3. The Kier molecular flexibility index (Phi) is 3.74. The lowest BCUT2D eigenvalue weighted by atomic mass is 10.0. The second-order valence-corrected chi connectivity index (χ2v) is 5.77. The lowest BCUT2D eigenvalue weighted by Crippen LogP contribution is -1.87. The summed E-state index contributed by atoms with van der Waals surface area (Å²) in [6, 6.07) is 13.6. The smallest absolute Gasteiger partial charge is 0.115 e. The van der Waals surface area contributed by atoms with Gasteiger partial charge in [-0.05, 0) is 19.1 Å². The van der Waals surface area contributed by atoms with Crippen molar-refractivity contribution in [1.29, 1.82) is 0 Å². The zero-order chi connectivity index (χ0) is 14.1. The van der Waals surface area contributed by atoms with Crippen LogP contribution in [0.3, 0.4) is 0 Å². The van der Waals surface area contributed by atoms with Crippen LogP contribution in [-0.4, -0.2) is 8.75 Å². The minimum absolute atomic E-state index is 0.582. The van der Waals surface area contributed by atoms with E-state index in [0.29, 0.717) is 10.0 Å². The second-order valence-electron chi connectivity index (χ2n) is 4.42. The van der Waals surface area contributed by atoms with Gasteiger partial charge in [0.1, 0.15) is 11.4 Å². The van der Waals surface area contributed by atoms with Gasteiger partial charge in [0.15, 0.2) is 0 Å². The molecule has 0 spiro atoms. The fraction of sp³-hybridized carbons (Fsp3) is 0.0667. The van der Waals surface area contributed by atoms with Crippen molar-refractivity contribution >= 4 is 34.9 Å². The third kappa shape index (κ3) is 2.44. The summed E-state index contributed by atoms with van der Waals surface area (Å²) in [6.07, 6.45) is 0. The number of hydrogen-bond donors (Lipinski definition) is 0. The summed E-state index contributed by atoms with van der Waals surface area (Å²) in [5.41, 5.74) is 4.49. The van der Waals surface area contributed by atoms with E-state index >= 15 is 0 Å². The number of benzene rings is 2. The Labute approximate surface area is 131 Å². The minimum Gasteiger partial charge on any atom is -0.172 e. The summed E-state index contributed by atoms with van der Waals surface area (Å²) in [7, 11) is 0. The molecule has 3 aromatic rings. The van der Waals surface area contributed by atoms with Crippen LogP contribution in [0, 0.1) is 6.92 Å². The van der Waals surface area contributed by atoms with Gasteiger partial charge in [-0.2, -0.15) is 8.75 Å². The van der Waals surface area contributed by atoms with E-state index in [1.807, 2.05) is 30.3 Å². The van der Waals surface area contributed by atoms with Crippen LogP contribution in [0.4, 0.5) is 0 Å². The van der Waals surface area contributed by atoms with Gasteiger partial charge in [0.05, 0.1) is 21.8 Å². The Balaban J connectivity index is 2.18. The molecule has 0 saturated carbocycles. The Morgan fingerprint density at radius 1 is 0.850 bits per heavy atom. The maximum absolute atomic E-state index is 6.26. The first-order chi connectivity index (χ1) is 9.66. The normalized spacial score (nSPS) is 10.8. The molecule has 0 radical (unpaired) electrons. The molecule has 0 amide bonds. The Hall–Kier alpha value is -1.42. The van der Waals surface area contributed by atoms with E-state index in [1.54, 1.807) is 12.1 Å². The van der Waals surface area contributed by atoms with Gasteiger partial charge in [-0.3, -0.25) is 0 Å². The van der Waals surface area contributed by atoms with Gasteiger partial charge in [0, 0.05) is 11.1 Å². The molecule has 0 N–H and O–H groups in total. The topological polar surface area (TPSA) is 25.8 Å². The average Bonchev–Trinajstić information content (AvgIpc) is 2.88. The third-order valence-corrected chi connectivity index (χ3v) is 4.17. The molecule has 3 rings (SSSR count). The van der Waals surface area contributed by atoms with Gasteiger partial charge < -0.3 is 0 Å². The molecule has 0 atom stereocenters. The van der Waals surface area contributed by atoms with E-state index in [-0.39, 0.29) is 0 Å². The second kappa shape index (κ2) is 5.52.